The van der Waals surface area contributed by atoms with Crippen LogP contribution in [0.2, 0.25) is 0 Å². The molecule has 18 heavy (non-hydrogen) atoms. The Morgan fingerprint density at radius 3 is 2.22 bits per heavy atom. The van der Waals surface area contributed by atoms with E-state index >= 15 is 0 Å². The molecule has 0 radical (unpaired) electrons. The lowest BCUT2D eigenvalue weighted by Crippen LogP contribution is -2.17. The van der Waals surface area contributed by atoms with Crippen LogP contribution >= 0.6 is 15.9 Å². The van der Waals surface area contributed by atoms with Gasteiger partial charge in [-0.2, -0.15) is 0 Å². The second kappa shape index (κ2) is 5.31. The van der Waals surface area contributed by atoms with Gasteiger partial charge in [0.1, 0.15) is 11.3 Å². The Kier molecular flexibility index (Phi) is 4.43. The van der Waals surface area contributed by atoms with Crippen LogP contribution in [-0.2, 0) is 10.2 Å². The summed E-state index contributed by atoms with van der Waals surface area (Å²) in [7, 11) is 2.95. The van der Waals surface area contributed by atoms with Crippen molar-refractivity contribution in [3.63, 3.8) is 0 Å². The molecule has 3 nitrogen and oxygen atoms in total. The van der Waals surface area contributed by atoms with Crippen LogP contribution in [0.3, 0.4) is 0 Å². The van der Waals surface area contributed by atoms with Crippen molar-refractivity contribution in [2.75, 3.05) is 14.2 Å². The monoisotopic (exact) mass is 314 g/mol. The van der Waals surface area contributed by atoms with E-state index in [1.54, 1.807) is 7.11 Å². The Morgan fingerprint density at radius 1 is 1.28 bits per heavy atom. The van der Waals surface area contributed by atoms with Gasteiger partial charge in [-0.3, -0.25) is 0 Å². The van der Waals surface area contributed by atoms with Gasteiger partial charge in [-0.15, -0.1) is 0 Å². The molecule has 0 aromatic heterocycles. The fraction of sp³-hybridized carbons (Fsp3) is 0.500. The van der Waals surface area contributed by atoms with Crippen molar-refractivity contribution in [2.24, 2.45) is 0 Å². The minimum absolute atomic E-state index is 0.121. The number of carbonyl (C=O) groups is 1. The molecule has 0 atom stereocenters. The summed E-state index contributed by atoms with van der Waals surface area (Å²) in [6.07, 6.45) is 0. The summed E-state index contributed by atoms with van der Waals surface area (Å²) in [6.45, 7) is 8.10. The first-order chi connectivity index (χ1) is 8.23. The number of ether oxygens (including phenoxy) is 2. The SMILES string of the molecule is COC(=O)c1c(C)c(Br)cc(C(C)(C)C)c1OC. The van der Waals surface area contributed by atoms with Crippen LogP contribution in [0, 0.1) is 6.92 Å². The fourth-order valence-corrected chi connectivity index (χ4v) is 2.27. The molecule has 100 valence electrons. The maximum atomic E-state index is 11.9. The summed E-state index contributed by atoms with van der Waals surface area (Å²) in [4.78, 5) is 11.9. The van der Waals surface area contributed by atoms with E-state index < -0.39 is 0 Å². The average molecular weight is 315 g/mol. The van der Waals surface area contributed by atoms with Crippen LogP contribution in [0.5, 0.6) is 5.75 Å². The maximum absolute atomic E-state index is 11.9. The van der Waals surface area contributed by atoms with E-state index in [2.05, 4.69) is 36.7 Å². The minimum Gasteiger partial charge on any atom is -0.496 e. The van der Waals surface area contributed by atoms with E-state index in [9.17, 15) is 4.79 Å². The first-order valence-electron chi connectivity index (χ1n) is 5.70. The molecule has 1 rings (SSSR count). The largest absolute Gasteiger partial charge is 0.496 e. The maximum Gasteiger partial charge on any atom is 0.341 e. The van der Waals surface area contributed by atoms with E-state index in [1.807, 2.05) is 13.0 Å². The summed E-state index contributed by atoms with van der Waals surface area (Å²) in [6, 6.07) is 2.00. The molecule has 0 bridgehead atoms. The van der Waals surface area contributed by atoms with Crippen molar-refractivity contribution >= 4 is 21.9 Å². The van der Waals surface area contributed by atoms with Crippen molar-refractivity contribution in [1.82, 2.24) is 0 Å². The highest BCUT2D eigenvalue weighted by Gasteiger charge is 2.27. The second-order valence-corrected chi connectivity index (χ2v) is 6.04. The zero-order chi connectivity index (χ0) is 14.1. The fourth-order valence-electron chi connectivity index (χ4n) is 1.84. The van der Waals surface area contributed by atoms with Crippen molar-refractivity contribution in [3.8, 4) is 5.75 Å². The lowest BCUT2D eigenvalue weighted by atomic mass is 9.84. The Hall–Kier alpha value is -1.03. The van der Waals surface area contributed by atoms with Gasteiger partial charge >= 0.3 is 5.97 Å². The third kappa shape index (κ3) is 2.69. The number of rotatable bonds is 2. The van der Waals surface area contributed by atoms with Crippen LogP contribution in [-0.4, -0.2) is 20.2 Å². The molecule has 0 fully saturated rings. The standard InChI is InChI=1S/C14H19BrO3/c1-8-10(15)7-9(14(2,3)4)12(17-5)11(8)13(16)18-6/h7H,1-6H3. The third-order valence-electron chi connectivity index (χ3n) is 2.88. The lowest BCUT2D eigenvalue weighted by Gasteiger charge is -2.25. The third-order valence-corrected chi connectivity index (χ3v) is 3.70. The number of carbonyl (C=O) groups excluding carboxylic acids is 1. The number of hydrogen-bond donors (Lipinski definition) is 0. The van der Waals surface area contributed by atoms with Gasteiger partial charge in [0.05, 0.1) is 14.2 Å². The van der Waals surface area contributed by atoms with E-state index in [1.165, 1.54) is 7.11 Å². The molecule has 1 aromatic carbocycles. The number of benzene rings is 1. The number of hydrogen-bond acceptors (Lipinski definition) is 3. The number of halogens is 1. The van der Waals surface area contributed by atoms with Gasteiger partial charge in [0.2, 0.25) is 0 Å². The van der Waals surface area contributed by atoms with Crippen LogP contribution < -0.4 is 4.74 Å². The van der Waals surface area contributed by atoms with E-state index in [4.69, 9.17) is 9.47 Å². The first kappa shape index (κ1) is 15.0. The molecule has 0 heterocycles. The van der Waals surface area contributed by atoms with Gasteiger partial charge < -0.3 is 9.47 Å². The molecule has 0 amide bonds. The first-order valence-corrected chi connectivity index (χ1v) is 6.49. The zero-order valence-corrected chi connectivity index (χ0v) is 13.3. The van der Waals surface area contributed by atoms with Crippen LogP contribution in [0.1, 0.15) is 42.3 Å². The van der Waals surface area contributed by atoms with Gasteiger partial charge in [-0.25, -0.2) is 4.79 Å². The molecule has 0 aliphatic heterocycles. The van der Waals surface area contributed by atoms with Crippen molar-refractivity contribution < 1.29 is 14.3 Å². The summed E-state index contributed by atoms with van der Waals surface area (Å²) in [5.41, 5.74) is 2.17. The van der Waals surface area contributed by atoms with E-state index in [-0.39, 0.29) is 11.4 Å². The molecule has 0 N–H and O–H groups in total. The van der Waals surface area contributed by atoms with E-state index in [0.29, 0.717) is 11.3 Å². The van der Waals surface area contributed by atoms with Crippen LogP contribution in [0.25, 0.3) is 0 Å². The summed E-state index contributed by atoms with van der Waals surface area (Å²) < 4.78 is 11.2. The highest BCUT2D eigenvalue weighted by atomic mass is 79.9. The van der Waals surface area contributed by atoms with Crippen LogP contribution in [0.4, 0.5) is 0 Å². The molecule has 0 saturated heterocycles. The quantitative estimate of drug-likeness (QED) is 0.778. The molecule has 4 heteroatoms. The molecule has 1 aromatic rings. The summed E-state index contributed by atoms with van der Waals surface area (Å²) in [5.74, 6) is 0.214. The Labute approximate surface area is 117 Å². The zero-order valence-electron chi connectivity index (χ0n) is 11.7. The van der Waals surface area contributed by atoms with Gasteiger partial charge in [-0.1, -0.05) is 36.7 Å². The molecular weight excluding hydrogens is 296 g/mol. The highest BCUT2D eigenvalue weighted by Crippen LogP contribution is 2.39. The van der Waals surface area contributed by atoms with Crippen molar-refractivity contribution in [1.29, 1.82) is 0 Å². The number of methoxy groups -OCH3 is 2. The Balaban J connectivity index is 3.68. The summed E-state index contributed by atoms with van der Waals surface area (Å²) >= 11 is 3.49. The molecule has 0 unspecified atom stereocenters. The Morgan fingerprint density at radius 2 is 1.83 bits per heavy atom. The van der Waals surface area contributed by atoms with Gasteiger partial charge in [0.15, 0.2) is 0 Å². The highest BCUT2D eigenvalue weighted by molar-refractivity contribution is 9.10. The van der Waals surface area contributed by atoms with Crippen molar-refractivity contribution in [3.05, 3.63) is 27.2 Å². The normalized spacial score (nSPS) is 11.3. The number of esters is 1. The predicted octanol–water partition coefficient (Wildman–Crippen LogP) is 3.85. The average Bonchev–Trinajstić information content (AvgIpc) is 2.29. The topological polar surface area (TPSA) is 35.5 Å². The molecule has 0 aliphatic carbocycles. The predicted molar refractivity (Wildman–Crippen MR) is 75.5 cm³/mol. The smallest absolute Gasteiger partial charge is 0.341 e. The molecule has 0 spiro atoms. The Bertz CT molecular complexity index is 473. The lowest BCUT2D eigenvalue weighted by molar-refractivity contribution is 0.0595. The molecule has 0 saturated carbocycles. The van der Waals surface area contributed by atoms with E-state index in [0.717, 1.165) is 15.6 Å². The van der Waals surface area contributed by atoms with Gasteiger partial charge in [-0.05, 0) is 24.0 Å². The van der Waals surface area contributed by atoms with Crippen molar-refractivity contribution in [2.45, 2.75) is 33.1 Å². The molecule has 0 aliphatic rings. The van der Waals surface area contributed by atoms with Crippen LogP contribution in [0.15, 0.2) is 10.5 Å². The minimum atomic E-state index is -0.379. The van der Waals surface area contributed by atoms with Gasteiger partial charge in [0.25, 0.3) is 0 Å². The summed E-state index contributed by atoms with van der Waals surface area (Å²) in [5, 5.41) is 0. The molecular formula is C14H19BrO3. The second-order valence-electron chi connectivity index (χ2n) is 5.18. The van der Waals surface area contributed by atoms with Gasteiger partial charge in [0, 0.05) is 10.0 Å².